The van der Waals surface area contributed by atoms with Crippen LogP contribution in [0, 0.1) is 0 Å². The maximum atomic E-state index is 2.58. The molecule has 0 saturated heterocycles. The summed E-state index contributed by atoms with van der Waals surface area (Å²) in [6.45, 7) is 14.9. The Morgan fingerprint density at radius 3 is 2.05 bits per heavy atom. The van der Waals surface area contributed by atoms with Crippen molar-refractivity contribution in [3.63, 3.8) is 0 Å². The largest absolute Gasteiger partial charge is 0.121 e. The number of benzene rings is 1. The molecule has 3 rings (SSSR count). The van der Waals surface area contributed by atoms with Crippen LogP contribution in [0.1, 0.15) is 5.56 Å². The average Bonchev–Trinajstić information content (AvgIpc) is 2.96. The first-order valence-electron chi connectivity index (χ1n) is 8.09. The first-order valence-corrected chi connectivity index (χ1v) is 16.0. The van der Waals surface area contributed by atoms with Crippen LogP contribution in [0.25, 0.3) is 5.57 Å². The van der Waals surface area contributed by atoms with E-state index < -0.39 is 16.1 Å². The molecule has 0 spiro atoms. The predicted molar refractivity (Wildman–Crippen MR) is 108 cm³/mol. The van der Waals surface area contributed by atoms with Gasteiger partial charge in [0.2, 0.25) is 0 Å². The van der Waals surface area contributed by atoms with Crippen molar-refractivity contribution in [2.75, 3.05) is 0 Å². The van der Waals surface area contributed by atoms with E-state index in [1.54, 1.807) is 10.1 Å². The smallest absolute Gasteiger partial charge is 0.0791 e. The van der Waals surface area contributed by atoms with Crippen molar-refractivity contribution in [1.82, 2.24) is 0 Å². The monoisotopic (exact) mass is 342 g/mol. The van der Waals surface area contributed by atoms with Gasteiger partial charge in [0.25, 0.3) is 0 Å². The standard InChI is InChI=1S/C19H26SSi2/c1-21(2,3)17-12-15(14-10-8-7-9-11-14)16-13-18(20-19(16)17)22(4,5)6/h7-13,18H,1-6H3. The van der Waals surface area contributed by atoms with Crippen LogP contribution < -0.4 is 0 Å². The van der Waals surface area contributed by atoms with E-state index in [9.17, 15) is 0 Å². The molecule has 0 aromatic heterocycles. The number of rotatable bonds is 3. The van der Waals surface area contributed by atoms with Crippen molar-refractivity contribution >= 4 is 33.5 Å². The molecule has 1 unspecified atom stereocenters. The van der Waals surface area contributed by atoms with E-state index in [0.29, 0.717) is 0 Å². The summed E-state index contributed by atoms with van der Waals surface area (Å²) in [4.78, 5) is 2.32. The van der Waals surface area contributed by atoms with E-state index in [2.05, 4.69) is 93.5 Å². The van der Waals surface area contributed by atoms with Crippen LogP contribution in [0.4, 0.5) is 0 Å². The Kier molecular flexibility index (Phi) is 3.95. The molecular weight excluding hydrogens is 316 g/mol. The summed E-state index contributed by atoms with van der Waals surface area (Å²) in [5, 5.41) is 1.66. The highest BCUT2D eigenvalue weighted by molar-refractivity contribution is 8.06. The fourth-order valence-corrected chi connectivity index (χ4v) is 8.87. The molecule has 1 aromatic rings. The third-order valence-electron chi connectivity index (χ3n) is 4.38. The number of fused-ring (bicyclic) bond motifs is 1. The third kappa shape index (κ3) is 2.86. The van der Waals surface area contributed by atoms with Gasteiger partial charge in [-0.05, 0) is 21.9 Å². The number of allylic oxidation sites excluding steroid dienone is 4. The van der Waals surface area contributed by atoms with Crippen LogP contribution in [0.2, 0.25) is 39.3 Å². The van der Waals surface area contributed by atoms with Crippen molar-refractivity contribution in [3.05, 3.63) is 63.7 Å². The fourth-order valence-electron chi connectivity index (χ4n) is 3.00. The molecule has 3 heteroatoms. The zero-order chi connectivity index (χ0) is 16.1. The topological polar surface area (TPSA) is 0 Å². The van der Waals surface area contributed by atoms with Crippen molar-refractivity contribution in [3.8, 4) is 0 Å². The van der Waals surface area contributed by atoms with Gasteiger partial charge in [-0.1, -0.05) is 81.8 Å². The molecule has 0 bridgehead atoms. The molecule has 0 N–H and O–H groups in total. The molecular formula is C19H26SSi2. The molecule has 1 aliphatic heterocycles. The second-order valence-corrected chi connectivity index (χ2v) is 20.4. The van der Waals surface area contributed by atoms with Crippen LogP contribution in [0.15, 0.2) is 58.2 Å². The Labute approximate surface area is 141 Å². The summed E-state index contributed by atoms with van der Waals surface area (Å²) in [5.74, 6) is 0. The molecule has 0 nitrogen and oxygen atoms in total. The van der Waals surface area contributed by atoms with Gasteiger partial charge in [0.15, 0.2) is 0 Å². The predicted octanol–water partition coefficient (Wildman–Crippen LogP) is 6.13. The lowest BCUT2D eigenvalue weighted by atomic mass is 10.0. The van der Waals surface area contributed by atoms with Crippen LogP contribution >= 0.6 is 11.8 Å². The minimum Gasteiger partial charge on any atom is -0.121 e. The summed E-state index contributed by atoms with van der Waals surface area (Å²) < 4.78 is 0. The van der Waals surface area contributed by atoms with Crippen LogP contribution in [0.5, 0.6) is 0 Å². The molecule has 0 fully saturated rings. The molecule has 1 heterocycles. The van der Waals surface area contributed by atoms with Gasteiger partial charge in [-0.25, -0.2) is 0 Å². The number of hydrogen-bond acceptors (Lipinski definition) is 1. The molecule has 1 aliphatic carbocycles. The second-order valence-electron chi connectivity index (χ2n) is 8.40. The Bertz CT molecular complexity index is 682. The first kappa shape index (κ1) is 16.1. The van der Waals surface area contributed by atoms with E-state index in [4.69, 9.17) is 0 Å². The van der Waals surface area contributed by atoms with E-state index in [1.807, 2.05) is 0 Å². The summed E-state index contributed by atoms with van der Waals surface area (Å²) >= 11 is 2.15. The van der Waals surface area contributed by atoms with Gasteiger partial charge in [-0.15, -0.1) is 11.8 Å². The quantitative estimate of drug-likeness (QED) is 0.595. The summed E-state index contributed by atoms with van der Waals surface area (Å²) in [6, 6.07) is 10.9. The number of thioether (sulfide) groups is 1. The Morgan fingerprint density at radius 2 is 1.50 bits per heavy atom. The highest BCUT2D eigenvalue weighted by Crippen LogP contribution is 2.53. The van der Waals surface area contributed by atoms with Gasteiger partial charge in [0, 0.05) is 9.78 Å². The van der Waals surface area contributed by atoms with Crippen LogP contribution in [0.3, 0.4) is 0 Å². The molecule has 22 heavy (non-hydrogen) atoms. The van der Waals surface area contributed by atoms with Crippen molar-refractivity contribution in [1.29, 1.82) is 0 Å². The highest BCUT2D eigenvalue weighted by Gasteiger charge is 2.39. The maximum absolute atomic E-state index is 2.58. The number of hydrogen-bond donors (Lipinski definition) is 0. The van der Waals surface area contributed by atoms with Gasteiger partial charge >= 0.3 is 0 Å². The SMILES string of the molecule is C[Si](C)(C)C1=C2SC([Si](C)(C)C)C=C2C(c2ccccc2)=C1. The third-order valence-corrected chi connectivity index (χ3v) is 12.0. The summed E-state index contributed by atoms with van der Waals surface area (Å²) in [5.41, 5.74) is 4.36. The van der Waals surface area contributed by atoms with Gasteiger partial charge in [-0.3, -0.25) is 0 Å². The minimum atomic E-state index is -1.32. The molecule has 0 radical (unpaired) electrons. The molecule has 116 valence electrons. The molecule has 0 saturated carbocycles. The van der Waals surface area contributed by atoms with Gasteiger partial charge in [0.1, 0.15) is 0 Å². The lowest BCUT2D eigenvalue weighted by Gasteiger charge is -2.24. The van der Waals surface area contributed by atoms with Gasteiger partial charge in [-0.2, -0.15) is 0 Å². The van der Waals surface area contributed by atoms with Crippen molar-refractivity contribution in [2.45, 2.75) is 44.2 Å². The maximum Gasteiger partial charge on any atom is 0.0791 e. The highest BCUT2D eigenvalue weighted by atomic mass is 32.2. The molecule has 2 aliphatic rings. The lowest BCUT2D eigenvalue weighted by Crippen LogP contribution is -2.33. The van der Waals surface area contributed by atoms with E-state index in [1.165, 1.54) is 16.7 Å². The van der Waals surface area contributed by atoms with Crippen LogP contribution in [-0.4, -0.2) is 21.0 Å². The summed E-state index contributed by atoms with van der Waals surface area (Å²) in [6.07, 6.45) is 5.08. The first-order chi connectivity index (χ1) is 10.2. The van der Waals surface area contributed by atoms with E-state index in [0.717, 1.165) is 4.87 Å². The Balaban J connectivity index is 2.11. The normalized spacial score (nSPS) is 21.8. The minimum absolute atomic E-state index is 0.719. The molecule has 0 amide bonds. The molecule has 1 aromatic carbocycles. The van der Waals surface area contributed by atoms with E-state index >= 15 is 0 Å². The van der Waals surface area contributed by atoms with E-state index in [-0.39, 0.29) is 0 Å². The zero-order valence-corrected chi connectivity index (χ0v) is 17.3. The van der Waals surface area contributed by atoms with Crippen molar-refractivity contribution in [2.24, 2.45) is 0 Å². The van der Waals surface area contributed by atoms with Gasteiger partial charge in [0.05, 0.1) is 16.1 Å². The zero-order valence-electron chi connectivity index (χ0n) is 14.5. The lowest BCUT2D eigenvalue weighted by molar-refractivity contribution is 1.45. The Hall–Kier alpha value is -0.776. The van der Waals surface area contributed by atoms with Crippen molar-refractivity contribution < 1.29 is 0 Å². The summed E-state index contributed by atoms with van der Waals surface area (Å²) in [7, 11) is -2.49. The Morgan fingerprint density at radius 1 is 0.864 bits per heavy atom. The average molecular weight is 343 g/mol. The second kappa shape index (κ2) is 5.39. The van der Waals surface area contributed by atoms with Crippen LogP contribution in [-0.2, 0) is 0 Å². The molecule has 1 atom stereocenters. The fraction of sp³-hybridized carbons (Fsp3) is 0.368. The van der Waals surface area contributed by atoms with Gasteiger partial charge < -0.3 is 0 Å².